The lowest BCUT2D eigenvalue weighted by Gasteiger charge is -2.05. The highest BCUT2D eigenvalue weighted by atomic mass is 19.4. The minimum absolute atomic E-state index is 0.224. The van der Waals surface area contributed by atoms with Crippen molar-refractivity contribution in [1.29, 1.82) is 0 Å². The average Bonchev–Trinajstić information content (AvgIpc) is 2.74. The van der Waals surface area contributed by atoms with E-state index in [9.17, 15) is 18.0 Å². The molecule has 0 aliphatic rings. The fourth-order valence-corrected chi connectivity index (χ4v) is 1.46. The van der Waals surface area contributed by atoms with Gasteiger partial charge in [-0.2, -0.15) is 18.3 Å². The summed E-state index contributed by atoms with van der Waals surface area (Å²) in [7, 11) is 0. The third-order valence-electron chi connectivity index (χ3n) is 2.19. The summed E-state index contributed by atoms with van der Waals surface area (Å²) in [4.78, 5) is 10.5. The Morgan fingerprint density at radius 1 is 1.18 bits per heavy atom. The van der Waals surface area contributed by atoms with Gasteiger partial charge in [0, 0.05) is 11.8 Å². The van der Waals surface area contributed by atoms with E-state index in [4.69, 9.17) is 0 Å². The fraction of sp³-hybridized carbons (Fsp3) is 0.0909. The van der Waals surface area contributed by atoms with E-state index in [0.717, 1.165) is 0 Å². The normalized spacial score (nSPS) is 11.5. The molecule has 2 aromatic rings. The molecule has 0 amide bonds. The number of carbonyl (C=O) groups excluding carboxylic acids is 1. The molecular weight excluding hydrogens is 233 g/mol. The van der Waals surface area contributed by atoms with Crippen molar-refractivity contribution in [2.75, 3.05) is 0 Å². The zero-order valence-corrected chi connectivity index (χ0v) is 8.48. The van der Waals surface area contributed by atoms with E-state index in [1.54, 1.807) is 18.2 Å². The molecule has 0 N–H and O–H groups in total. The zero-order valence-electron chi connectivity index (χ0n) is 8.48. The molecule has 0 radical (unpaired) electrons. The fourth-order valence-electron chi connectivity index (χ4n) is 1.46. The number of aromatic nitrogens is 2. The minimum Gasteiger partial charge on any atom is -0.276 e. The summed E-state index contributed by atoms with van der Waals surface area (Å²) < 4.78 is 38.8. The standard InChI is InChI=1S/C11H7F3N2O/c12-11(13,14)9-6-16(7-17)15-10(9)8-4-2-1-3-5-8/h1-7H. The van der Waals surface area contributed by atoms with Gasteiger partial charge in [-0.3, -0.25) is 4.79 Å². The Balaban J connectivity index is 2.61. The third kappa shape index (κ3) is 2.20. The Kier molecular flexibility index (Phi) is 2.71. The molecule has 0 aliphatic carbocycles. The van der Waals surface area contributed by atoms with Gasteiger partial charge in [0.2, 0.25) is 6.41 Å². The highest BCUT2D eigenvalue weighted by Gasteiger charge is 2.36. The number of halogens is 3. The number of rotatable bonds is 2. The zero-order chi connectivity index (χ0) is 12.5. The van der Waals surface area contributed by atoms with E-state index in [0.29, 0.717) is 16.4 Å². The van der Waals surface area contributed by atoms with Gasteiger partial charge >= 0.3 is 6.18 Å². The van der Waals surface area contributed by atoms with Gasteiger partial charge in [0.15, 0.2) is 0 Å². The Bertz CT molecular complexity index is 531. The molecular formula is C11H7F3N2O. The first kappa shape index (κ1) is 11.4. The van der Waals surface area contributed by atoms with Crippen molar-refractivity contribution in [2.24, 2.45) is 0 Å². The molecule has 0 unspecified atom stereocenters. The number of carbonyl (C=O) groups is 1. The molecule has 0 bridgehead atoms. The molecule has 1 heterocycles. The van der Waals surface area contributed by atoms with E-state index in [1.165, 1.54) is 12.1 Å². The quantitative estimate of drug-likeness (QED) is 0.756. The van der Waals surface area contributed by atoms with Crippen LogP contribution in [0.3, 0.4) is 0 Å². The first-order valence-corrected chi connectivity index (χ1v) is 4.69. The van der Waals surface area contributed by atoms with Crippen LogP contribution < -0.4 is 0 Å². The SMILES string of the molecule is O=Cn1cc(C(F)(F)F)c(-c2ccccc2)n1. The predicted octanol–water partition coefficient (Wildman–Crippen LogP) is 2.61. The van der Waals surface area contributed by atoms with Crippen molar-refractivity contribution < 1.29 is 18.0 Å². The second-order valence-electron chi connectivity index (χ2n) is 3.34. The summed E-state index contributed by atoms with van der Waals surface area (Å²) in [6.45, 7) is 0. The molecule has 0 atom stereocenters. The average molecular weight is 240 g/mol. The Hall–Kier alpha value is -2.11. The highest BCUT2D eigenvalue weighted by molar-refractivity contribution is 5.65. The van der Waals surface area contributed by atoms with E-state index in [1.807, 2.05) is 0 Å². The van der Waals surface area contributed by atoms with Crippen LogP contribution in [0.25, 0.3) is 11.3 Å². The van der Waals surface area contributed by atoms with Gasteiger partial charge in [-0.15, -0.1) is 0 Å². The molecule has 3 nitrogen and oxygen atoms in total. The molecule has 1 aromatic carbocycles. The van der Waals surface area contributed by atoms with Gasteiger partial charge < -0.3 is 0 Å². The van der Waals surface area contributed by atoms with Crippen LogP contribution in [-0.4, -0.2) is 16.2 Å². The Labute approximate surface area is 94.5 Å². The van der Waals surface area contributed by atoms with Crippen LogP contribution in [0.4, 0.5) is 13.2 Å². The number of benzene rings is 1. The summed E-state index contributed by atoms with van der Waals surface area (Å²) in [6, 6.07) is 7.91. The summed E-state index contributed by atoms with van der Waals surface area (Å²) in [5.74, 6) is 0. The van der Waals surface area contributed by atoms with Crippen LogP contribution in [0.5, 0.6) is 0 Å². The maximum atomic E-state index is 12.7. The summed E-state index contributed by atoms with van der Waals surface area (Å²) in [6.07, 6.45) is -3.64. The Morgan fingerprint density at radius 2 is 1.82 bits per heavy atom. The second-order valence-corrected chi connectivity index (χ2v) is 3.34. The van der Waals surface area contributed by atoms with Crippen molar-refractivity contribution in [3.63, 3.8) is 0 Å². The van der Waals surface area contributed by atoms with Crippen molar-refractivity contribution in [3.05, 3.63) is 42.1 Å². The van der Waals surface area contributed by atoms with Gasteiger partial charge in [0.05, 0.1) is 0 Å². The van der Waals surface area contributed by atoms with Crippen LogP contribution in [0.1, 0.15) is 5.56 Å². The van der Waals surface area contributed by atoms with Crippen LogP contribution in [0.2, 0.25) is 0 Å². The Morgan fingerprint density at radius 3 is 2.35 bits per heavy atom. The molecule has 6 heteroatoms. The number of hydrogen-bond donors (Lipinski definition) is 0. The molecule has 0 aliphatic heterocycles. The van der Waals surface area contributed by atoms with Crippen LogP contribution in [0, 0.1) is 0 Å². The predicted molar refractivity (Wildman–Crippen MR) is 54.8 cm³/mol. The van der Waals surface area contributed by atoms with Crippen LogP contribution in [0.15, 0.2) is 36.5 Å². The first-order chi connectivity index (χ1) is 8.02. The lowest BCUT2D eigenvalue weighted by atomic mass is 10.1. The summed E-state index contributed by atoms with van der Waals surface area (Å²) in [5.41, 5.74) is -0.846. The molecule has 88 valence electrons. The second kappa shape index (κ2) is 4.04. The lowest BCUT2D eigenvalue weighted by molar-refractivity contribution is -0.137. The van der Waals surface area contributed by atoms with Gasteiger partial charge in [-0.05, 0) is 0 Å². The van der Waals surface area contributed by atoms with E-state index < -0.39 is 11.7 Å². The minimum atomic E-state index is -4.54. The van der Waals surface area contributed by atoms with Crippen molar-refractivity contribution in [2.45, 2.75) is 6.18 Å². The summed E-state index contributed by atoms with van der Waals surface area (Å²) in [5, 5.41) is 3.59. The highest BCUT2D eigenvalue weighted by Crippen LogP contribution is 2.35. The first-order valence-electron chi connectivity index (χ1n) is 4.69. The van der Waals surface area contributed by atoms with Crippen molar-refractivity contribution in [3.8, 4) is 11.3 Å². The van der Waals surface area contributed by atoms with Crippen molar-refractivity contribution >= 4 is 6.41 Å². The molecule has 0 saturated carbocycles. The number of hydrogen-bond acceptors (Lipinski definition) is 2. The van der Waals surface area contributed by atoms with E-state index >= 15 is 0 Å². The van der Waals surface area contributed by atoms with Gasteiger partial charge in [-0.1, -0.05) is 30.3 Å². The number of alkyl halides is 3. The monoisotopic (exact) mass is 240 g/mol. The maximum absolute atomic E-state index is 12.7. The lowest BCUT2D eigenvalue weighted by Crippen LogP contribution is -2.05. The van der Waals surface area contributed by atoms with Crippen LogP contribution >= 0.6 is 0 Å². The molecule has 17 heavy (non-hydrogen) atoms. The van der Waals surface area contributed by atoms with Gasteiger partial charge in [0.25, 0.3) is 0 Å². The van der Waals surface area contributed by atoms with E-state index in [2.05, 4.69) is 5.10 Å². The smallest absolute Gasteiger partial charge is 0.276 e. The van der Waals surface area contributed by atoms with Gasteiger partial charge in [-0.25, -0.2) is 4.68 Å². The van der Waals surface area contributed by atoms with Crippen molar-refractivity contribution in [1.82, 2.24) is 9.78 Å². The molecule has 0 fully saturated rings. The third-order valence-corrected chi connectivity index (χ3v) is 2.19. The number of nitrogens with zero attached hydrogens (tertiary/aromatic N) is 2. The van der Waals surface area contributed by atoms with Crippen LogP contribution in [-0.2, 0) is 11.0 Å². The largest absolute Gasteiger partial charge is 0.420 e. The molecule has 2 rings (SSSR count). The molecule has 0 saturated heterocycles. The van der Waals surface area contributed by atoms with E-state index in [-0.39, 0.29) is 12.1 Å². The summed E-state index contributed by atoms with van der Waals surface area (Å²) >= 11 is 0. The molecule has 0 spiro atoms. The molecule has 1 aromatic heterocycles. The topological polar surface area (TPSA) is 34.9 Å². The van der Waals surface area contributed by atoms with Gasteiger partial charge in [0.1, 0.15) is 11.3 Å². The maximum Gasteiger partial charge on any atom is 0.420 e.